The van der Waals surface area contributed by atoms with Gasteiger partial charge in [-0.3, -0.25) is 4.79 Å². The SMILES string of the molecule is CC1([C@H]2CCC3C4C(CC[C@@]32C)[C@@]2(C)CC[C@@H](O)C[C@H]2C[C@@H]4O)CC1C(=O)O. The Labute approximate surface area is 169 Å². The van der Waals surface area contributed by atoms with Crippen LogP contribution < -0.4 is 0 Å². The zero-order valence-electron chi connectivity index (χ0n) is 17.7. The number of hydrogen-bond donors (Lipinski definition) is 3. The van der Waals surface area contributed by atoms with Crippen LogP contribution in [0, 0.1) is 51.8 Å². The third kappa shape index (κ3) is 2.40. The minimum absolute atomic E-state index is 0.0385. The minimum atomic E-state index is -0.614. The molecular weight excluding hydrogens is 352 g/mol. The molecule has 5 rings (SSSR count). The van der Waals surface area contributed by atoms with Gasteiger partial charge >= 0.3 is 5.97 Å². The van der Waals surface area contributed by atoms with Gasteiger partial charge in [0.25, 0.3) is 0 Å². The van der Waals surface area contributed by atoms with Crippen molar-refractivity contribution in [3.8, 4) is 0 Å². The Balaban J connectivity index is 1.44. The van der Waals surface area contributed by atoms with Gasteiger partial charge < -0.3 is 15.3 Å². The monoisotopic (exact) mass is 390 g/mol. The number of carboxylic acids is 1. The van der Waals surface area contributed by atoms with E-state index in [2.05, 4.69) is 20.8 Å². The third-order valence-electron chi connectivity index (χ3n) is 11.0. The van der Waals surface area contributed by atoms with Gasteiger partial charge in [-0.1, -0.05) is 20.8 Å². The van der Waals surface area contributed by atoms with E-state index in [1.165, 1.54) is 12.8 Å². The van der Waals surface area contributed by atoms with E-state index in [0.29, 0.717) is 29.6 Å². The van der Waals surface area contributed by atoms with Gasteiger partial charge in [0.15, 0.2) is 0 Å². The molecule has 5 aliphatic rings. The molecule has 11 atom stereocenters. The van der Waals surface area contributed by atoms with Crippen molar-refractivity contribution < 1.29 is 20.1 Å². The zero-order chi connectivity index (χ0) is 20.1. The predicted octanol–water partition coefficient (Wildman–Crippen LogP) is 4.09. The van der Waals surface area contributed by atoms with Crippen molar-refractivity contribution in [1.82, 2.24) is 0 Å². The first kappa shape index (κ1) is 19.4. The lowest BCUT2D eigenvalue weighted by atomic mass is 9.43. The minimum Gasteiger partial charge on any atom is -0.481 e. The number of aliphatic carboxylic acids is 1. The van der Waals surface area contributed by atoms with Gasteiger partial charge in [0.1, 0.15) is 0 Å². The Bertz CT molecular complexity index is 678. The number of rotatable bonds is 2. The molecule has 0 saturated heterocycles. The topological polar surface area (TPSA) is 77.8 Å². The van der Waals surface area contributed by atoms with E-state index >= 15 is 0 Å². The molecule has 5 fully saturated rings. The van der Waals surface area contributed by atoms with Gasteiger partial charge in [-0.25, -0.2) is 0 Å². The average molecular weight is 391 g/mol. The lowest BCUT2D eigenvalue weighted by Crippen LogP contribution is -2.58. The first-order valence-corrected chi connectivity index (χ1v) is 11.7. The molecule has 0 heterocycles. The molecule has 4 nitrogen and oxygen atoms in total. The van der Waals surface area contributed by atoms with E-state index in [1.54, 1.807) is 0 Å². The molecule has 158 valence electrons. The maximum atomic E-state index is 11.6. The van der Waals surface area contributed by atoms with Gasteiger partial charge in [-0.2, -0.15) is 0 Å². The molecule has 0 aromatic rings. The Hall–Kier alpha value is -0.610. The fourth-order valence-electron chi connectivity index (χ4n) is 9.42. The smallest absolute Gasteiger partial charge is 0.307 e. The number of aliphatic hydroxyl groups excluding tert-OH is 2. The van der Waals surface area contributed by atoms with Crippen LogP contribution in [0.25, 0.3) is 0 Å². The number of hydrogen-bond acceptors (Lipinski definition) is 3. The molecule has 5 unspecified atom stereocenters. The van der Waals surface area contributed by atoms with Gasteiger partial charge in [0, 0.05) is 0 Å². The highest BCUT2D eigenvalue weighted by atomic mass is 16.4. The molecule has 0 amide bonds. The van der Waals surface area contributed by atoms with Crippen molar-refractivity contribution in [2.75, 3.05) is 0 Å². The second kappa shape index (κ2) is 5.97. The van der Waals surface area contributed by atoms with Crippen LogP contribution in [0.4, 0.5) is 0 Å². The molecule has 3 N–H and O–H groups in total. The molecule has 0 radical (unpaired) electrons. The quantitative estimate of drug-likeness (QED) is 0.664. The van der Waals surface area contributed by atoms with Gasteiger partial charge in [-0.15, -0.1) is 0 Å². The molecule has 4 heteroatoms. The molecule has 0 spiro atoms. The largest absolute Gasteiger partial charge is 0.481 e. The highest BCUT2D eigenvalue weighted by Crippen LogP contribution is 2.73. The van der Waals surface area contributed by atoms with Crippen molar-refractivity contribution in [1.29, 1.82) is 0 Å². The summed E-state index contributed by atoms with van der Waals surface area (Å²) in [6.07, 6.45) is 8.76. The van der Waals surface area contributed by atoms with Crippen LogP contribution in [0.15, 0.2) is 0 Å². The first-order valence-electron chi connectivity index (χ1n) is 11.7. The van der Waals surface area contributed by atoms with Crippen LogP contribution in [0.5, 0.6) is 0 Å². The van der Waals surface area contributed by atoms with Crippen LogP contribution in [0.3, 0.4) is 0 Å². The average Bonchev–Trinajstić information content (AvgIpc) is 3.18. The van der Waals surface area contributed by atoms with Crippen LogP contribution in [0.2, 0.25) is 0 Å². The summed E-state index contributed by atoms with van der Waals surface area (Å²) in [6, 6.07) is 0. The Kier molecular flexibility index (Phi) is 4.13. The summed E-state index contributed by atoms with van der Waals surface area (Å²) in [5.74, 6) is 1.62. The second-order valence-corrected chi connectivity index (χ2v) is 12.0. The zero-order valence-corrected chi connectivity index (χ0v) is 17.7. The number of fused-ring (bicyclic) bond motifs is 5. The summed E-state index contributed by atoms with van der Waals surface area (Å²) in [5, 5.41) is 31.1. The highest BCUT2D eigenvalue weighted by Gasteiger charge is 2.69. The van der Waals surface area contributed by atoms with Gasteiger partial charge in [0.2, 0.25) is 0 Å². The lowest BCUT2D eigenvalue weighted by molar-refractivity contribution is -0.175. The summed E-state index contributed by atoms with van der Waals surface area (Å²) in [7, 11) is 0. The normalized spacial score (nSPS) is 60.5. The first-order chi connectivity index (χ1) is 13.1. The standard InChI is InChI=1S/C24H38O4/c1-22-8-6-14(25)10-13(22)11-18(26)20-15-4-5-19(23(15,2)9-7-16(20)22)24(3)12-17(24)21(27)28/h13-20,25-26H,4-12H2,1-3H3,(H,27,28)/t13-,14+,15?,16?,17?,18-,19-,20?,22-,23-,24?/m0/s1. The van der Waals surface area contributed by atoms with E-state index in [-0.39, 0.29) is 34.4 Å². The molecule has 5 saturated carbocycles. The molecule has 0 aromatic heterocycles. The second-order valence-electron chi connectivity index (χ2n) is 12.0. The van der Waals surface area contributed by atoms with Gasteiger partial charge in [0.05, 0.1) is 18.1 Å². The fraction of sp³-hybridized carbons (Fsp3) is 0.958. The van der Waals surface area contributed by atoms with E-state index in [0.717, 1.165) is 44.9 Å². The lowest BCUT2D eigenvalue weighted by Gasteiger charge is -2.62. The van der Waals surface area contributed by atoms with Crippen molar-refractivity contribution in [3.63, 3.8) is 0 Å². The van der Waals surface area contributed by atoms with Crippen LogP contribution in [0.1, 0.15) is 78.6 Å². The van der Waals surface area contributed by atoms with E-state index in [1.807, 2.05) is 0 Å². The van der Waals surface area contributed by atoms with Crippen molar-refractivity contribution >= 4 is 5.97 Å². The van der Waals surface area contributed by atoms with Crippen molar-refractivity contribution in [2.24, 2.45) is 51.8 Å². The van der Waals surface area contributed by atoms with E-state index in [4.69, 9.17) is 0 Å². The van der Waals surface area contributed by atoms with E-state index < -0.39 is 5.97 Å². The maximum absolute atomic E-state index is 11.6. The van der Waals surface area contributed by atoms with Crippen LogP contribution in [-0.2, 0) is 4.79 Å². The maximum Gasteiger partial charge on any atom is 0.307 e. The summed E-state index contributed by atoms with van der Waals surface area (Å²) in [4.78, 5) is 11.6. The Morgan fingerprint density at radius 1 is 0.857 bits per heavy atom. The number of aliphatic hydroxyl groups is 2. The summed E-state index contributed by atoms with van der Waals surface area (Å²) in [5.41, 5.74) is 0.400. The molecular formula is C24H38O4. The fourth-order valence-corrected chi connectivity index (χ4v) is 9.42. The highest BCUT2D eigenvalue weighted by molar-refractivity contribution is 5.74. The third-order valence-corrected chi connectivity index (χ3v) is 11.0. The van der Waals surface area contributed by atoms with Crippen LogP contribution in [-0.4, -0.2) is 33.5 Å². The molecule has 28 heavy (non-hydrogen) atoms. The Morgan fingerprint density at radius 2 is 1.54 bits per heavy atom. The summed E-state index contributed by atoms with van der Waals surface area (Å²) in [6.45, 7) is 7.10. The van der Waals surface area contributed by atoms with Crippen molar-refractivity contribution in [2.45, 2.75) is 90.8 Å². The summed E-state index contributed by atoms with van der Waals surface area (Å²) < 4.78 is 0. The number of carboxylic acid groups (broad SMARTS) is 1. The van der Waals surface area contributed by atoms with E-state index in [9.17, 15) is 20.1 Å². The van der Waals surface area contributed by atoms with Crippen LogP contribution >= 0.6 is 0 Å². The Morgan fingerprint density at radius 3 is 2.21 bits per heavy atom. The predicted molar refractivity (Wildman–Crippen MR) is 106 cm³/mol. The molecule has 5 aliphatic carbocycles. The molecule has 0 aliphatic heterocycles. The number of carbonyl (C=O) groups is 1. The molecule has 0 aromatic carbocycles. The van der Waals surface area contributed by atoms with Gasteiger partial charge in [-0.05, 0) is 104 Å². The van der Waals surface area contributed by atoms with Crippen molar-refractivity contribution in [3.05, 3.63) is 0 Å². The summed E-state index contributed by atoms with van der Waals surface area (Å²) >= 11 is 0. The molecule has 0 bridgehead atoms.